The maximum Gasteiger partial charge on any atom is 0.0453 e. The number of nitrogens with zero attached hydrogens (tertiary/aromatic N) is 1. The highest BCUT2D eigenvalue weighted by Gasteiger charge is 2.23. The Labute approximate surface area is 109 Å². The Balaban J connectivity index is 2.01. The van der Waals surface area contributed by atoms with Crippen LogP contribution in [0.25, 0.3) is 0 Å². The highest BCUT2D eigenvalue weighted by molar-refractivity contribution is 6.31. The molecule has 3 heteroatoms. The van der Waals surface area contributed by atoms with Crippen molar-refractivity contribution in [1.29, 1.82) is 0 Å². The van der Waals surface area contributed by atoms with Gasteiger partial charge in [0.15, 0.2) is 0 Å². The number of nitrogens with two attached hydrogens (primary N) is 1. The van der Waals surface area contributed by atoms with Crippen molar-refractivity contribution in [2.24, 2.45) is 11.7 Å². The number of rotatable bonds is 2. The zero-order valence-corrected chi connectivity index (χ0v) is 11.4. The molecule has 0 amide bonds. The predicted molar refractivity (Wildman–Crippen MR) is 73.2 cm³/mol. The van der Waals surface area contributed by atoms with Crippen LogP contribution >= 0.6 is 11.6 Å². The molecule has 0 aromatic heterocycles. The summed E-state index contributed by atoms with van der Waals surface area (Å²) in [5.41, 5.74) is 8.53. The average molecular weight is 253 g/mol. The summed E-state index contributed by atoms with van der Waals surface area (Å²) >= 11 is 6.26. The van der Waals surface area contributed by atoms with Crippen molar-refractivity contribution in [2.75, 3.05) is 13.1 Å². The second-order valence-corrected chi connectivity index (χ2v) is 5.67. The van der Waals surface area contributed by atoms with E-state index in [2.05, 4.69) is 30.9 Å². The number of piperidine rings is 1. The lowest BCUT2D eigenvalue weighted by atomic mass is 9.94. The van der Waals surface area contributed by atoms with Gasteiger partial charge in [-0.3, -0.25) is 4.90 Å². The topological polar surface area (TPSA) is 29.3 Å². The number of aryl methyl sites for hydroxylation is 1. The van der Waals surface area contributed by atoms with Gasteiger partial charge in [-0.05, 0) is 43.0 Å². The fourth-order valence-corrected chi connectivity index (χ4v) is 2.63. The molecule has 94 valence electrons. The molecule has 1 heterocycles. The second kappa shape index (κ2) is 5.38. The molecule has 1 aliphatic heterocycles. The van der Waals surface area contributed by atoms with Gasteiger partial charge in [0.25, 0.3) is 0 Å². The van der Waals surface area contributed by atoms with Crippen LogP contribution in [-0.2, 0) is 6.54 Å². The van der Waals surface area contributed by atoms with Crippen molar-refractivity contribution in [3.8, 4) is 0 Å². The van der Waals surface area contributed by atoms with Gasteiger partial charge in [-0.25, -0.2) is 0 Å². The fraction of sp³-hybridized carbons (Fsp3) is 0.571. The highest BCUT2D eigenvalue weighted by atomic mass is 35.5. The van der Waals surface area contributed by atoms with Crippen LogP contribution in [0.2, 0.25) is 5.02 Å². The molecule has 17 heavy (non-hydrogen) atoms. The highest BCUT2D eigenvalue weighted by Crippen LogP contribution is 2.22. The minimum Gasteiger partial charge on any atom is -0.326 e. The molecule has 2 nitrogen and oxygen atoms in total. The largest absolute Gasteiger partial charge is 0.326 e. The number of hydrogen-bond donors (Lipinski definition) is 1. The van der Waals surface area contributed by atoms with Gasteiger partial charge in [0.2, 0.25) is 0 Å². The van der Waals surface area contributed by atoms with E-state index in [-0.39, 0.29) is 0 Å². The normalized spacial score (nSPS) is 26.1. The van der Waals surface area contributed by atoms with Crippen LogP contribution in [0.4, 0.5) is 0 Å². The summed E-state index contributed by atoms with van der Waals surface area (Å²) in [5, 5.41) is 0.872. The van der Waals surface area contributed by atoms with Crippen molar-refractivity contribution in [3.05, 3.63) is 34.3 Å². The fourth-order valence-electron chi connectivity index (χ4n) is 2.33. The third-order valence-corrected chi connectivity index (χ3v) is 4.05. The van der Waals surface area contributed by atoms with Crippen LogP contribution in [-0.4, -0.2) is 24.0 Å². The maximum atomic E-state index is 6.26. The molecule has 1 aromatic carbocycles. The first kappa shape index (κ1) is 12.9. The van der Waals surface area contributed by atoms with Gasteiger partial charge in [-0.15, -0.1) is 0 Å². The van der Waals surface area contributed by atoms with Crippen molar-refractivity contribution in [2.45, 2.75) is 32.9 Å². The number of hydrogen-bond acceptors (Lipinski definition) is 2. The Morgan fingerprint density at radius 3 is 2.88 bits per heavy atom. The van der Waals surface area contributed by atoms with Gasteiger partial charge >= 0.3 is 0 Å². The number of benzene rings is 1. The van der Waals surface area contributed by atoms with E-state index in [1.807, 2.05) is 6.07 Å². The molecule has 1 fully saturated rings. The van der Waals surface area contributed by atoms with E-state index in [1.54, 1.807) is 0 Å². The van der Waals surface area contributed by atoms with E-state index in [4.69, 9.17) is 17.3 Å². The third kappa shape index (κ3) is 3.21. The summed E-state index contributed by atoms with van der Waals surface area (Å²) in [5.74, 6) is 0.639. The first-order valence-corrected chi connectivity index (χ1v) is 6.67. The lowest BCUT2D eigenvalue weighted by Crippen LogP contribution is -2.47. The lowest BCUT2D eigenvalue weighted by Gasteiger charge is -2.35. The van der Waals surface area contributed by atoms with E-state index in [9.17, 15) is 0 Å². The standard InChI is InChI=1S/C14H21ClN2/c1-10-3-4-12(13(15)7-10)8-17-6-5-11(2)14(16)9-17/h3-4,7,11,14H,5-6,8-9,16H2,1-2H3. The van der Waals surface area contributed by atoms with Gasteiger partial charge in [-0.1, -0.05) is 30.7 Å². The van der Waals surface area contributed by atoms with Gasteiger partial charge in [-0.2, -0.15) is 0 Å². The summed E-state index contributed by atoms with van der Waals surface area (Å²) < 4.78 is 0. The molecule has 0 bridgehead atoms. The molecule has 0 radical (unpaired) electrons. The molecule has 0 spiro atoms. The van der Waals surface area contributed by atoms with E-state index >= 15 is 0 Å². The quantitative estimate of drug-likeness (QED) is 0.877. The monoisotopic (exact) mass is 252 g/mol. The lowest BCUT2D eigenvalue weighted by molar-refractivity contribution is 0.162. The first-order valence-electron chi connectivity index (χ1n) is 6.29. The summed E-state index contributed by atoms with van der Waals surface area (Å²) in [6.07, 6.45) is 1.19. The van der Waals surface area contributed by atoms with Crippen LogP contribution in [0.3, 0.4) is 0 Å². The Bertz CT molecular complexity index is 392. The number of likely N-dealkylation sites (tertiary alicyclic amines) is 1. The Morgan fingerprint density at radius 1 is 1.47 bits per heavy atom. The first-order chi connectivity index (χ1) is 8.06. The van der Waals surface area contributed by atoms with E-state index in [1.165, 1.54) is 17.5 Å². The van der Waals surface area contributed by atoms with Gasteiger partial charge in [0.05, 0.1) is 0 Å². The molecule has 1 aliphatic rings. The Hall–Kier alpha value is -0.570. The molecule has 0 aliphatic carbocycles. The van der Waals surface area contributed by atoms with Gasteiger partial charge in [0, 0.05) is 24.2 Å². The molecular weight excluding hydrogens is 232 g/mol. The van der Waals surface area contributed by atoms with E-state index in [0.717, 1.165) is 24.7 Å². The van der Waals surface area contributed by atoms with Crippen LogP contribution < -0.4 is 5.73 Å². The summed E-state index contributed by atoms with van der Waals surface area (Å²) in [4.78, 5) is 2.40. The molecule has 2 atom stereocenters. The summed E-state index contributed by atoms with van der Waals surface area (Å²) in [7, 11) is 0. The third-order valence-electron chi connectivity index (χ3n) is 3.70. The molecule has 2 unspecified atom stereocenters. The molecular formula is C14H21ClN2. The molecule has 0 saturated carbocycles. The Morgan fingerprint density at radius 2 is 2.24 bits per heavy atom. The Kier molecular flexibility index (Phi) is 4.08. The smallest absolute Gasteiger partial charge is 0.0453 e. The van der Waals surface area contributed by atoms with Crippen LogP contribution in [0.15, 0.2) is 18.2 Å². The summed E-state index contributed by atoms with van der Waals surface area (Å²) in [6, 6.07) is 6.58. The van der Waals surface area contributed by atoms with Crippen molar-refractivity contribution in [3.63, 3.8) is 0 Å². The maximum absolute atomic E-state index is 6.26. The zero-order chi connectivity index (χ0) is 12.4. The zero-order valence-electron chi connectivity index (χ0n) is 10.6. The van der Waals surface area contributed by atoms with Gasteiger partial charge < -0.3 is 5.73 Å². The van der Waals surface area contributed by atoms with E-state index < -0.39 is 0 Å². The number of halogens is 1. The average Bonchev–Trinajstić information content (AvgIpc) is 2.27. The molecule has 1 saturated heterocycles. The van der Waals surface area contributed by atoms with Gasteiger partial charge in [0.1, 0.15) is 0 Å². The van der Waals surface area contributed by atoms with Crippen molar-refractivity contribution in [1.82, 2.24) is 4.90 Å². The second-order valence-electron chi connectivity index (χ2n) is 5.26. The predicted octanol–water partition coefficient (Wildman–Crippen LogP) is 2.82. The minimum absolute atomic E-state index is 0.299. The van der Waals surface area contributed by atoms with Crippen molar-refractivity contribution < 1.29 is 0 Å². The van der Waals surface area contributed by atoms with Crippen LogP contribution in [0, 0.1) is 12.8 Å². The molecule has 2 rings (SSSR count). The van der Waals surface area contributed by atoms with E-state index in [0.29, 0.717) is 12.0 Å². The van der Waals surface area contributed by atoms with Crippen molar-refractivity contribution >= 4 is 11.6 Å². The summed E-state index contributed by atoms with van der Waals surface area (Å²) in [6.45, 7) is 7.32. The minimum atomic E-state index is 0.299. The van der Waals surface area contributed by atoms with Crippen LogP contribution in [0.1, 0.15) is 24.5 Å². The van der Waals surface area contributed by atoms with Crippen LogP contribution in [0.5, 0.6) is 0 Å². The SMILES string of the molecule is Cc1ccc(CN2CCC(C)C(N)C2)c(Cl)c1. The molecule has 2 N–H and O–H groups in total. The molecule has 1 aromatic rings.